The first-order valence-electron chi connectivity index (χ1n) is 7.79. The van der Waals surface area contributed by atoms with Gasteiger partial charge >= 0.3 is 0 Å². The Kier molecular flexibility index (Phi) is 4.54. The van der Waals surface area contributed by atoms with E-state index in [0.717, 1.165) is 44.7 Å². The number of piperidine rings is 1. The van der Waals surface area contributed by atoms with E-state index in [1.807, 2.05) is 17.0 Å². The Hall–Kier alpha value is -1.33. The fourth-order valence-electron chi connectivity index (χ4n) is 3.57. The van der Waals surface area contributed by atoms with E-state index in [-0.39, 0.29) is 11.3 Å². The number of rotatable bonds is 4. The highest BCUT2D eigenvalue weighted by Crippen LogP contribution is 2.41. The van der Waals surface area contributed by atoms with Gasteiger partial charge in [0, 0.05) is 39.5 Å². The van der Waals surface area contributed by atoms with Crippen LogP contribution in [0, 0.1) is 5.41 Å². The lowest BCUT2D eigenvalue weighted by atomic mass is 9.78. The first kappa shape index (κ1) is 15.6. The van der Waals surface area contributed by atoms with Crippen molar-refractivity contribution >= 4 is 23.3 Å². The summed E-state index contributed by atoms with van der Waals surface area (Å²) >= 11 is 5.90. The average Bonchev–Trinajstić information content (AvgIpc) is 2.95. The highest BCUT2D eigenvalue weighted by molar-refractivity contribution is 6.30. The molecule has 5 nitrogen and oxygen atoms in total. The molecular formula is C16H22ClN3O2. The van der Waals surface area contributed by atoms with Gasteiger partial charge in [-0.05, 0) is 31.4 Å². The predicted octanol–water partition coefficient (Wildman–Crippen LogP) is 2.20. The van der Waals surface area contributed by atoms with Crippen molar-refractivity contribution in [1.29, 1.82) is 0 Å². The number of hydrogen-bond donors (Lipinski definition) is 0. The molecule has 0 N–H and O–H groups in total. The molecule has 2 aliphatic rings. The first-order chi connectivity index (χ1) is 10.6. The molecule has 2 saturated heterocycles. The summed E-state index contributed by atoms with van der Waals surface area (Å²) in [5.74, 6) is 1.19. The van der Waals surface area contributed by atoms with E-state index >= 15 is 0 Å². The maximum atomic E-state index is 12.9. The lowest BCUT2D eigenvalue weighted by Gasteiger charge is -2.39. The number of likely N-dealkylation sites (tertiary alicyclic amines) is 1. The molecule has 1 amide bonds. The highest BCUT2D eigenvalue weighted by Gasteiger charge is 2.48. The second kappa shape index (κ2) is 6.42. The van der Waals surface area contributed by atoms with E-state index in [1.54, 1.807) is 13.3 Å². The summed E-state index contributed by atoms with van der Waals surface area (Å²) in [7, 11) is 1.67. The molecule has 1 aromatic heterocycles. The maximum Gasteiger partial charge on any atom is 0.230 e. The zero-order valence-corrected chi connectivity index (χ0v) is 13.7. The number of aromatic nitrogens is 1. The second-order valence-corrected chi connectivity index (χ2v) is 6.61. The number of hydrogen-bond acceptors (Lipinski definition) is 4. The fourth-order valence-corrected chi connectivity index (χ4v) is 3.68. The quantitative estimate of drug-likeness (QED) is 0.852. The van der Waals surface area contributed by atoms with Crippen molar-refractivity contribution in [1.82, 2.24) is 9.88 Å². The van der Waals surface area contributed by atoms with Gasteiger partial charge in [0.2, 0.25) is 5.91 Å². The van der Waals surface area contributed by atoms with Gasteiger partial charge in [-0.3, -0.25) is 4.79 Å². The molecule has 1 aromatic rings. The SMILES string of the molecule is COCCN1CCC[C@]2(CCN(c3ccc(Cl)cn3)C2)C1=O. The van der Waals surface area contributed by atoms with E-state index in [1.165, 1.54) is 0 Å². The van der Waals surface area contributed by atoms with E-state index in [2.05, 4.69) is 9.88 Å². The van der Waals surface area contributed by atoms with Gasteiger partial charge in [0.25, 0.3) is 0 Å². The van der Waals surface area contributed by atoms with Crippen LogP contribution in [0.4, 0.5) is 5.82 Å². The smallest absolute Gasteiger partial charge is 0.230 e. The Morgan fingerprint density at radius 3 is 2.95 bits per heavy atom. The van der Waals surface area contributed by atoms with Crippen molar-refractivity contribution in [3.8, 4) is 0 Å². The number of methoxy groups -OCH3 is 1. The molecule has 3 heterocycles. The third kappa shape index (κ3) is 2.92. The maximum absolute atomic E-state index is 12.9. The van der Waals surface area contributed by atoms with Crippen LogP contribution in [0.3, 0.4) is 0 Å². The Morgan fingerprint density at radius 2 is 2.23 bits per heavy atom. The largest absolute Gasteiger partial charge is 0.383 e. The molecular weight excluding hydrogens is 302 g/mol. The lowest BCUT2D eigenvalue weighted by molar-refractivity contribution is -0.145. The van der Waals surface area contributed by atoms with Crippen LogP contribution in [0.25, 0.3) is 0 Å². The van der Waals surface area contributed by atoms with Gasteiger partial charge in [-0.2, -0.15) is 0 Å². The summed E-state index contributed by atoms with van der Waals surface area (Å²) in [6.07, 6.45) is 4.60. The third-order valence-electron chi connectivity index (χ3n) is 4.78. The highest BCUT2D eigenvalue weighted by atomic mass is 35.5. The van der Waals surface area contributed by atoms with Crippen molar-refractivity contribution < 1.29 is 9.53 Å². The zero-order valence-electron chi connectivity index (χ0n) is 12.9. The van der Waals surface area contributed by atoms with E-state index in [0.29, 0.717) is 18.2 Å². The van der Waals surface area contributed by atoms with Crippen molar-refractivity contribution in [2.24, 2.45) is 5.41 Å². The normalized spacial score (nSPS) is 25.3. The minimum absolute atomic E-state index is 0.243. The van der Waals surface area contributed by atoms with Gasteiger partial charge in [-0.25, -0.2) is 4.98 Å². The summed E-state index contributed by atoms with van der Waals surface area (Å²) in [6.45, 7) is 3.77. The van der Waals surface area contributed by atoms with Gasteiger partial charge < -0.3 is 14.5 Å². The Morgan fingerprint density at radius 1 is 1.36 bits per heavy atom. The molecule has 2 fully saturated rings. The number of pyridine rings is 1. The van der Waals surface area contributed by atoms with Gasteiger partial charge in [0.1, 0.15) is 5.82 Å². The molecule has 0 saturated carbocycles. The Labute approximate surface area is 136 Å². The molecule has 3 rings (SSSR count). The summed E-state index contributed by atoms with van der Waals surface area (Å²) in [5.41, 5.74) is -0.243. The second-order valence-electron chi connectivity index (χ2n) is 6.18. The number of anilines is 1. The van der Waals surface area contributed by atoms with Gasteiger partial charge in [0.15, 0.2) is 0 Å². The minimum atomic E-state index is -0.243. The van der Waals surface area contributed by atoms with Gasteiger partial charge in [0.05, 0.1) is 17.0 Å². The molecule has 0 bridgehead atoms. The van der Waals surface area contributed by atoms with E-state index in [9.17, 15) is 4.79 Å². The van der Waals surface area contributed by atoms with Crippen LogP contribution in [0.2, 0.25) is 5.02 Å². The Balaban J connectivity index is 1.71. The monoisotopic (exact) mass is 323 g/mol. The molecule has 0 aliphatic carbocycles. The van der Waals surface area contributed by atoms with Crippen LogP contribution in [-0.4, -0.2) is 55.7 Å². The molecule has 0 aromatic carbocycles. The topological polar surface area (TPSA) is 45.7 Å². The van der Waals surface area contributed by atoms with Gasteiger partial charge in [-0.15, -0.1) is 0 Å². The van der Waals surface area contributed by atoms with Crippen LogP contribution >= 0.6 is 11.6 Å². The van der Waals surface area contributed by atoms with Crippen LogP contribution in [0.1, 0.15) is 19.3 Å². The van der Waals surface area contributed by atoms with Crippen LogP contribution < -0.4 is 4.90 Å². The van der Waals surface area contributed by atoms with Crippen LogP contribution in [0.5, 0.6) is 0 Å². The number of amides is 1. The minimum Gasteiger partial charge on any atom is -0.383 e. The summed E-state index contributed by atoms with van der Waals surface area (Å²) in [5, 5.41) is 0.636. The Bertz CT molecular complexity index is 537. The van der Waals surface area contributed by atoms with Gasteiger partial charge in [-0.1, -0.05) is 11.6 Å². The molecule has 0 radical (unpaired) electrons. The standard InChI is InChI=1S/C16H22ClN3O2/c1-22-10-9-19-7-2-5-16(15(19)21)6-8-20(12-16)14-4-3-13(17)11-18-14/h3-4,11H,2,5-10,12H2,1H3/t16-/m1/s1. The van der Waals surface area contributed by atoms with E-state index < -0.39 is 0 Å². The molecule has 6 heteroatoms. The number of ether oxygens (including phenoxy) is 1. The van der Waals surface area contributed by atoms with Crippen molar-refractivity contribution in [3.63, 3.8) is 0 Å². The van der Waals surface area contributed by atoms with Crippen LogP contribution in [0.15, 0.2) is 18.3 Å². The fraction of sp³-hybridized carbons (Fsp3) is 0.625. The molecule has 22 heavy (non-hydrogen) atoms. The molecule has 120 valence electrons. The number of nitrogens with zero attached hydrogens (tertiary/aromatic N) is 3. The molecule has 2 aliphatic heterocycles. The molecule has 0 unspecified atom stereocenters. The first-order valence-corrected chi connectivity index (χ1v) is 8.17. The molecule has 1 spiro atoms. The lowest BCUT2D eigenvalue weighted by Crippen LogP contribution is -2.51. The number of carbonyl (C=O) groups excluding carboxylic acids is 1. The van der Waals surface area contributed by atoms with Crippen molar-refractivity contribution in [2.45, 2.75) is 19.3 Å². The summed E-state index contributed by atoms with van der Waals surface area (Å²) < 4.78 is 5.12. The number of halogens is 1. The third-order valence-corrected chi connectivity index (χ3v) is 5.00. The summed E-state index contributed by atoms with van der Waals surface area (Å²) in [4.78, 5) is 21.4. The zero-order chi connectivity index (χ0) is 15.6. The summed E-state index contributed by atoms with van der Waals surface area (Å²) in [6, 6.07) is 3.78. The molecule has 1 atom stereocenters. The predicted molar refractivity (Wildman–Crippen MR) is 86.2 cm³/mol. The van der Waals surface area contributed by atoms with Crippen molar-refractivity contribution in [3.05, 3.63) is 23.4 Å². The number of carbonyl (C=O) groups is 1. The van der Waals surface area contributed by atoms with Crippen molar-refractivity contribution in [2.75, 3.05) is 44.8 Å². The van der Waals surface area contributed by atoms with Crippen LogP contribution in [-0.2, 0) is 9.53 Å². The van der Waals surface area contributed by atoms with E-state index in [4.69, 9.17) is 16.3 Å². The average molecular weight is 324 g/mol.